The van der Waals surface area contributed by atoms with Crippen LogP contribution in [0.25, 0.3) is 0 Å². The van der Waals surface area contributed by atoms with Crippen LogP contribution >= 0.6 is 0 Å². The quantitative estimate of drug-likeness (QED) is 0.697. The van der Waals surface area contributed by atoms with E-state index in [1.807, 2.05) is 6.92 Å². The van der Waals surface area contributed by atoms with Crippen molar-refractivity contribution in [3.8, 4) is 0 Å². The van der Waals surface area contributed by atoms with Gasteiger partial charge >= 0.3 is 0 Å². The zero-order valence-electron chi connectivity index (χ0n) is 6.95. The third-order valence-corrected chi connectivity index (χ3v) is 1.75. The Morgan fingerprint density at radius 2 is 2.08 bits per heavy atom. The summed E-state index contributed by atoms with van der Waals surface area (Å²) in [6.07, 6.45) is 3.60. The molecule has 2 heterocycles. The number of hydrogen-bond donors (Lipinski definition) is 1. The zero-order valence-corrected chi connectivity index (χ0v) is 6.95. The number of aryl methyl sites for hydroxylation is 1. The number of hydrogen-bond acceptors (Lipinski definition) is 4. The fraction of sp³-hybridized carbons (Fsp3) is 0.500. The molecular formula is C8H11N3O. The van der Waals surface area contributed by atoms with Crippen LogP contribution in [-0.4, -0.2) is 29.2 Å². The van der Waals surface area contributed by atoms with E-state index in [0.717, 1.165) is 18.8 Å². The highest BCUT2D eigenvalue weighted by atomic mass is 16.5. The lowest BCUT2D eigenvalue weighted by molar-refractivity contribution is 0.0208. The maximum absolute atomic E-state index is 5.01. The van der Waals surface area contributed by atoms with Gasteiger partial charge in [0.15, 0.2) is 0 Å². The highest BCUT2D eigenvalue weighted by Gasteiger charge is 2.18. The maximum atomic E-state index is 5.01. The Hall–Kier alpha value is -1.16. The Bertz CT molecular complexity index is 256. The standard InChI is InChI=1S/C8H11N3O/c1-6-2-9-8(10-3-6)11-7-4-12-5-7/h2-3,7H,4-5H2,1H3,(H,9,10,11). The molecular weight excluding hydrogens is 154 g/mol. The Balaban J connectivity index is 1.98. The van der Waals surface area contributed by atoms with Gasteiger partial charge in [-0.25, -0.2) is 9.97 Å². The minimum absolute atomic E-state index is 0.396. The number of rotatable bonds is 2. The molecule has 0 spiro atoms. The second kappa shape index (κ2) is 3.06. The van der Waals surface area contributed by atoms with Crippen LogP contribution in [0.1, 0.15) is 5.56 Å². The summed E-state index contributed by atoms with van der Waals surface area (Å²) >= 11 is 0. The largest absolute Gasteiger partial charge is 0.377 e. The molecule has 0 radical (unpaired) electrons. The number of anilines is 1. The summed E-state index contributed by atoms with van der Waals surface area (Å²) in [6.45, 7) is 3.49. The summed E-state index contributed by atoms with van der Waals surface area (Å²) < 4.78 is 5.01. The van der Waals surface area contributed by atoms with Gasteiger partial charge in [0.25, 0.3) is 0 Å². The summed E-state index contributed by atoms with van der Waals surface area (Å²) in [5.74, 6) is 0.689. The molecule has 0 unspecified atom stereocenters. The van der Waals surface area contributed by atoms with E-state index in [-0.39, 0.29) is 0 Å². The van der Waals surface area contributed by atoms with Crippen molar-refractivity contribution in [2.45, 2.75) is 13.0 Å². The molecule has 0 atom stereocenters. The second-order valence-electron chi connectivity index (χ2n) is 2.96. The van der Waals surface area contributed by atoms with Gasteiger partial charge in [-0.15, -0.1) is 0 Å². The summed E-state index contributed by atoms with van der Waals surface area (Å²) in [4.78, 5) is 8.24. The summed E-state index contributed by atoms with van der Waals surface area (Å²) in [7, 11) is 0. The van der Waals surface area contributed by atoms with Crippen molar-refractivity contribution >= 4 is 5.95 Å². The third-order valence-electron chi connectivity index (χ3n) is 1.75. The molecule has 1 fully saturated rings. The molecule has 64 valence electrons. The lowest BCUT2D eigenvalue weighted by Crippen LogP contribution is -2.40. The fourth-order valence-corrected chi connectivity index (χ4v) is 0.969. The van der Waals surface area contributed by atoms with E-state index in [4.69, 9.17) is 4.74 Å². The first kappa shape index (κ1) is 7.49. The van der Waals surface area contributed by atoms with Crippen molar-refractivity contribution in [3.05, 3.63) is 18.0 Å². The Morgan fingerprint density at radius 1 is 1.42 bits per heavy atom. The van der Waals surface area contributed by atoms with Crippen LogP contribution in [0.2, 0.25) is 0 Å². The summed E-state index contributed by atoms with van der Waals surface area (Å²) in [5.41, 5.74) is 1.07. The molecule has 1 aromatic heterocycles. The minimum Gasteiger partial charge on any atom is -0.377 e. The monoisotopic (exact) mass is 165 g/mol. The topological polar surface area (TPSA) is 47.0 Å². The van der Waals surface area contributed by atoms with Crippen molar-refractivity contribution in [2.24, 2.45) is 0 Å². The van der Waals surface area contributed by atoms with Crippen molar-refractivity contribution in [1.82, 2.24) is 9.97 Å². The van der Waals surface area contributed by atoms with E-state index in [2.05, 4.69) is 15.3 Å². The summed E-state index contributed by atoms with van der Waals surface area (Å²) in [6, 6.07) is 0.396. The molecule has 1 N–H and O–H groups in total. The van der Waals surface area contributed by atoms with Crippen LogP contribution in [0.5, 0.6) is 0 Å². The summed E-state index contributed by atoms with van der Waals surface area (Å²) in [5, 5.41) is 3.16. The molecule has 1 aliphatic rings. The number of aromatic nitrogens is 2. The lowest BCUT2D eigenvalue weighted by atomic mass is 10.3. The Kier molecular flexibility index (Phi) is 1.91. The maximum Gasteiger partial charge on any atom is 0.222 e. The average Bonchev–Trinajstić information content (AvgIpc) is 2.00. The molecule has 1 aromatic rings. The van der Waals surface area contributed by atoms with E-state index >= 15 is 0 Å². The third kappa shape index (κ3) is 1.53. The average molecular weight is 165 g/mol. The van der Waals surface area contributed by atoms with Crippen LogP contribution in [0, 0.1) is 6.92 Å². The van der Waals surface area contributed by atoms with Gasteiger partial charge in [0.1, 0.15) is 0 Å². The molecule has 4 heteroatoms. The fourth-order valence-electron chi connectivity index (χ4n) is 0.969. The van der Waals surface area contributed by atoms with Crippen molar-refractivity contribution in [1.29, 1.82) is 0 Å². The minimum atomic E-state index is 0.396. The van der Waals surface area contributed by atoms with Crippen molar-refractivity contribution in [3.63, 3.8) is 0 Å². The van der Waals surface area contributed by atoms with Gasteiger partial charge < -0.3 is 10.1 Å². The molecule has 4 nitrogen and oxygen atoms in total. The zero-order chi connectivity index (χ0) is 8.39. The van der Waals surface area contributed by atoms with Gasteiger partial charge in [-0.05, 0) is 12.5 Å². The van der Waals surface area contributed by atoms with Crippen LogP contribution in [0.4, 0.5) is 5.95 Å². The van der Waals surface area contributed by atoms with Gasteiger partial charge in [0.2, 0.25) is 5.95 Å². The Labute approximate surface area is 71.0 Å². The van der Waals surface area contributed by atoms with E-state index in [1.54, 1.807) is 12.4 Å². The van der Waals surface area contributed by atoms with E-state index in [0.29, 0.717) is 12.0 Å². The molecule has 1 saturated heterocycles. The predicted octanol–water partition coefficient (Wildman–Crippen LogP) is 0.596. The Morgan fingerprint density at radius 3 is 2.58 bits per heavy atom. The van der Waals surface area contributed by atoms with Gasteiger partial charge in [-0.3, -0.25) is 0 Å². The first-order valence-corrected chi connectivity index (χ1v) is 3.97. The van der Waals surface area contributed by atoms with Gasteiger partial charge in [-0.2, -0.15) is 0 Å². The van der Waals surface area contributed by atoms with Crippen LogP contribution in [0.3, 0.4) is 0 Å². The molecule has 0 aromatic carbocycles. The van der Waals surface area contributed by atoms with E-state index < -0.39 is 0 Å². The number of ether oxygens (including phenoxy) is 1. The molecule has 0 bridgehead atoms. The molecule has 0 amide bonds. The number of nitrogens with zero attached hydrogens (tertiary/aromatic N) is 2. The van der Waals surface area contributed by atoms with Crippen LogP contribution in [-0.2, 0) is 4.74 Å². The molecule has 0 saturated carbocycles. The highest BCUT2D eigenvalue weighted by Crippen LogP contribution is 2.07. The van der Waals surface area contributed by atoms with Gasteiger partial charge in [-0.1, -0.05) is 0 Å². The molecule has 0 aliphatic carbocycles. The van der Waals surface area contributed by atoms with Crippen LogP contribution in [0.15, 0.2) is 12.4 Å². The smallest absolute Gasteiger partial charge is 0.222 e. The molecule has 2 rings (SSSR count). The van der Waals surface area contributed by atoms with E-state index in [9.17, 15) is 0 Å². The SMILES string of the molecule is Cc1cnc(NC2COC2)nc1. The van der Waals surface area contributed by atoms with Gasteiger partial charge in [0, 0.05) is 12.4 Å². The first-order valence-electron chi connectivity index (χ1n) is 3.97. The second-order valence-corrected chi connectivity index (χ2v) is 2.96. The highest BCUT2D eigenvalue weighted by molar-refractivity contribution is 5.26. The predicted molar refractivity (Wildman–Crippen MR) is 45.0 cm³/mol. The van der Waals surface area contributed by atoms with Crippen molar-refractivity contribution < 1.29 is 4.74 Å². The van der Waals surface area contributed by atoms with Crippen LogP contribution < -0.4 is 5.32 Å². The van der Waals surface area contributed by atoms with Gasteiger partial charge in [0.05, 0.1) is 19.3 Å². The lowest BCUT2D eigenvalue weighted by Gasteiger charge is -2.26. The number of nitrogens with one attached hydrogen (secondary N) is 1. The molecule has 1 aliphatic heterocycles. The van der Waals surface area contributed by atoms with E-state index in [1.165, 1.54) is 0 Å². The first-order chi connectivity index (χ1) is 5.84. The van der Waals surface area contributed by atoms with Crippen molar-refractivity contribution in [2.75, 3.05) is 18.5 Å². The molecule has 12 heavy (non-hydrogen) atoms. The normalized spacial score (nSPS) is 17.1.